The molecule has 0 bridgehead atoms. The predicted molar refractivity (Wildman–Crippen MR) is 72.5 cm³/mol. The van der Waals surface area contributed by atoms with Crippen molar-refractivity contribution in [2.24, 2.45) is 5.92 Å². The van der Waals surface area contributed by atoms with E-state index in [0.29, 0.717) is 18.0 Å². The number of hydrogen-bond acceptors (Lipinski definition) is 4. The summed E-state index contributed by atoms with van der Waals surface area (Å²) in [6, 6.07) is 1.20. The zero-order valence-corrected chi connectivity index (χ0v) is 12.2. The molecule has 0 saturated carbocycles. The predicted octanol–water partition coefficient (Wildman–Crippen LogP) is 2.11. The fraction of sp³-hybridized carbons (Fsp3) is 0.786. The Kier molecular flexibility index (Phi) is 4.07. The van der Waals surface area contributed by atoms with Crippen LogP contribution in [0, 0.1) is 19.8 Å². The van der Waals surface area contributed by atoms with Crippen molar-refractivity contribution < 1.29 is 4.42 Å². The largest absolute Gasteiger partial charge is 0.444 e. The van der Waals surface area contributed by atoms with Gasteiger partial charge in [0.15, 0.2) is 0 Å². The average molecular weight is 251 g/mol. The molecule has 1 saturated heterocycles. The van der Waals surface area contributed by atoms with Crippen LogP contribution in [0.2, 0.25) is 0 Å². The second-order valence-corrected chi connectivity index (χ2v) is 5.74. The lowest BCUT2D eigenvalue weighted by Crippen LogP contribution is -2.50. The molecule has 2 heterocycles. The molecule has 18 heavy (non-hydrogen) atoms. The maximum absolute atomic E-state index is 5.60. The Morgan fingerprint density at radius 1 is 1.39 bits per heavy atom. The highest BCUT2D eigenvalue weighted by Crippen LogP contribution is 2.21. The van der Waals surface area contributed by atoms with E-state index in [4.69, 9.17) is 4.42 Å². The van der Waals surface area contributed by atoms with Crippen LogP contribution >= 0.6 is 0 Å². The summed E-state index contributed by atoms with van der Waals surface area (Å²) in [7, 11) is 2.21. The quantitative estimate of drug-likeness (QED) is 0.893. The first kappa shape index (κ1) is 13.6. The summed E-state index contributed by atoms with van der Waals surface area (Å²) in [5.74, 6) is 2.41. The number of likely N-dealkylation sites (tertiary alicyclic amines) is 1. The second kappa shape index (κ2) is 5.41. The third-order valence-corrected chi connectivity index (χ3v) is 4.20. The van der Waals surface area contributed by atoms with Crippen molar-refractivity contribution in [2.75, 3.05) is 13.6 Å². The lowest BCUT2D eigenvalue weighted by molar-refractivity contribution is 0.119. The number of oxazole rings is 1. The van der Waals surface area contributed by atoms with Gasteiger partial charge in [0.2, 0.25) is 5.89 Å². The van der Waals surface area contributed by atoms with Gasteiger partial charge in [-0.2, -0.15) is 0 Å². The maximum atomic E-state index is 5.60. The molecule has 1 fully saturated rings. The molecule has 4 nitrogen and oxygen atoms in total. The molecule has 0 radical (unpaired) electrons. The monoisotopic (exact) mass is 251 g/mol. The molecule has 1 N–H and O–H groups in total. The lowest BCUT2D eigenvalue weighted by Gasteiger charge is -2.39. The van der Waals surface area contributed by atoms with Crippen molar-refractivity contribution >= 4 is 0 Å². The van der Waals surface area contributed by atoms with E-state index < -0.39 is 0 Å². The molecule has 0 spiro atoms. The van der Waals surface area contributed by atoms with Gasteiger partial charge in [0.25, 0.3) is 0 Å². The van der Waals surface area contributed by atoms with Gasteiger partial charge < -0.3 is 14.6 Å². The number of nitrogens with one attached hydrogen (secondary N) is 1. The first-order chi connectivity index (χ1) is 8.47. The van der Waals surface area contributed by atoms with E-state index in [1.54, 1.807) is 0 Å². The van der Waals surface area contributed by atoms with E-state index in [2.05, 4.69) is 36.1 Å². The first-order valence-corrected chi connectivity index (χ1v) is 6.84. The molecule has 1 aliphatic rings. The van der Waals surface area contributed by atoms with Crippen LogP contribution in [0.1, 0.15) is 37.6 Å². The zero-order chi connectivity index (χ0) is 13.3. The zero-order valence-electron chi connectivity index (χ0n) is 12.2. The van der Waals surface area contributed by atoms with Gasteiger partial charge in [0, 0.05) is 18.6 Å². The number of nitrogens with zero attached hydrogens (tertiary/aromatic N) is 2. The van der Waals surface area contributed by atoms with Gasteiger partial charge in [0.1, 0.15) is 5.76 Å². The van der Waals surface area contributed by atoms with Crippen LogP contribution in [0.5, 0.6) is 0 Å². The van der Waals surface area contributed by atoms with Gasteiger partial charge in [-0.05, 0) is 40.2 Å². The standard InChI is InChI=1S/C14H25N3O/c1-9-8-17(5)10(2)6-13(9)15-7-14-16-11(3)12(4)18-14/h9-10,13,15H,6-8H2,1-5H3. The van der Waals surface area contributed by atoms with Crippen LogP contribution in [0.25, 0.3) is 0 Å². The number of aryl methyl sites for hydroxylation is 2. The molecule has 3 atom stereocenters. The third-order valence-electron chi connectivity index (χ3n) is 4.20. The smallest absolute Gasteiger partial charge is 0.208 e. The van der Waals surface area contributed by atoms with Crippen molar-refractivity contribution in [3.63, 3.8) is 0 Å². The molecule has 0 aliphatic carbocycles. The van der Waals surface area contributed by atoms with Crippen LogP contribution in [0.15, 0.2) is 4.42 Å². The lowest BCUT2D eigenvalue weighted by atomic mass is 9.90. The second-order valence-electron chi connectivity index (χ2n) is 5.74. The van der Waals surface area contributed by atoms with E-state index >= 15 is 0 Å². The summed E-state index contributed by atoms with van der Waals surface area (Å²) in [5.41, 5.74) is 0.997. The molecule has 1 aliphatic heterocycles. The minimum absolute atomic E-state index is 0.559. The molecule has 3 unspecified atom stereocenters. The number of rotatable bonds is 3. The molecule has 0 aromatic carbocycles. The highest BCUT2D eigenvalue weighted by atomic mass is 16.4. The van der Waals surface area contributed by atoms with Crippen LogP contribution in [-0.4, -0.2) is 35.6 Å². The van der Waals surface area contributed by atoms with E-state index in [1.807, 2.05) is 13.8 Å². The molecular weight excluding hydrogens is 226 g/mol. The molecule has 102 valence electrons. The van der Waals surface area contributed by atoms with Crippen LogP contribution in [0.4, 0.5) is 0 Å². The molecular formula is C14H25N3O. The Labute approximate surface area is 110 Å². The summed E-state index contributed by atoms with van der Waals surface area (Å²) in [4.78, 5) is 6.85. The van der Waals surface area contributed by atoms with Gasteiger partial charge in [-0.25, -0.2) is 4.98 Å². The number of piperidine rings is 1. The van der Waals surface area contributed by atoms with E-state index in [9.17, 15) is 0 Å². The first-order valence-electron chi connectivity index (χ1n) is 6.84. The van der Waals surface area contributed by atoms with E-state index in [1.165, 1.54) is 6.42 Å². The topological polar surface area (TPSA) is 41.3 Å². The van der Waals surface area contributed by atoms with Crippen LogP contribution in [0.3, 0.4) is 0 Å². The Hall–Kier alpha value is -0.870. The molecule has 1 aromatic rings. The summed E-state index contributed by atoms with van der Waals surface area (Å²) in [6.45, 7) is 10.4. The van der Waals surface area contributed by atoms with Crippen molar-refractivity contribution in [1.29, 1.82) is 0 Å². The fourth-order valence-corrected chi connectivity index (χ4v) is 2.66. The minimum atomic E-state index is 0.559. The minimum Gasteiger partial charge on any atom is -0.444 e. The van der Waals surface area contributed by atoms with Gasteiger partial charge in [-0.1, -0.05) is 6.92 Å². The van der Waals surface area contributed by atoms with Gasteiger partial charge >= 0.3 is 0 Å². The van der Waals surface area contributed by atoms with E-state index in [0.717, 1.165) is 30.4 Å². The van der Waals surface area contributed by atoms with Crippen molar-refractivity contribution in [3.8, 4) is 0 Å². The normalized spacial score (nSPS) is 29.7. The summed E-state index contributed by atoms with van der Waals surface area (Å²) in [5, 5.41) is 3.60. The Morgan fingerprint density at radius 2 is 2.11 bits per heavy atom. The van der Waals surface area contributed by atoms with Gasteiger partial charge in [-0.15, -0.1) is 0 Å². The number of hydrogen-bond donors (Lipinski definition) is 1. The summed E-state index contributed by atoms with van der Waals surface area (Å²) in [6.07, 6.45) is 1.19. The Morgan fingerprint density at radius 3 is 2.72 bits per heavy atom. The van der Waals surface area contributed by atoms with Gasteiger partial charge in [0.05, 0.1) is 12.2 Å². The Bertz CT molecular complexity index is 382. The highest BCUT2D eigenvalue weighted by Gasteiger charge is 2.28. The summed E-state index contributed by atoms with van der Waals surface area (Å²) >= 11 is 0. The molecule has 4 heteroatoms. The average Bonchev–Trinajstić information content (AvgIpc) is 2.62. The van der Waals surface area contributed by atoms with Crippen molar-refractivity contribution in [1.82, 2.24) is 15.2 Å². The SMILES string of the molecule is Cc1nc(CNC2CC(C)N(C)CC2C)oc1C. The highest BCUT2D eigenvalue weighted by molar-refractivity contribution is 5.05. The fourth-order valence-electron chi connectivity index (χ4n) is 2.66. The molecule has 0 amide bonds. The van der Waals surface area contributed by atoms with Crippen molar-refractivity contribution in [2.45, 2.75) is 52.7 Å². The molecule has 1 aromatic heterocycles. The number of aromatic nitrogens is 1. The summed E-state index contributed by atoms with van der Waals surface area (Å²) < 4.78 is 5.60. The Balaban J connectivity index is 1.89. The van der Waals surface area contributed by atoms with Gasteiger partial charge in [-0.3, -0.25) is 0 Å². The van der Waals surface area contributed by atoms with Crippen LogP contribution < -0.4 is 5.32 Å². The van der Waals surface area contributed by atoms with Crippen molar-refractivity contribution in [3.05, 3.63) is 17.3 Å². The third kappa shape index (κ3) is 2.93. The van der Waals surface area contributed by atoms with E-state index in [-0.39, 0.29) is 0 Å². The molecule has 2 rings (SSSR count). The maximum Gasteiger partial charge on any atom is 0.208 e. The van der Waals surface area contributed by atoms with Crippen LogP contribution in [-0.2, 0) is 6.54 Å².